The second kappa shape index (κ2) is 9.55. The largest absolute Gasteiger partial charge is 0.391 e. The zero-order valence-corrected chi connectivity index (χ0v) is 16.7. The molecule has 2 aromatic rings. The summed E-state index contributed by atoms with van der Waals surface area (Å²) in [4.78, 5) is 36.8. The topological polar surface area (TPSA) is 92.0 Å². The zero-order valence-electron chi connectivity index (χ0n) is 16.7. The molecule has 0 saturated heterocycles. The SMILES string of the molecule is C[C@@H](CCCC(=O)C(=O)c1cc(C(=O)Nc2ccc(F)c(C#N)c2)cn1C)C(F)(F)F. The van der Waals surface area contributed by atoms with E-state index in [1.807, 2.05) is 0 Å². The highest BCUT2D eigenvalue weighted by Crippen LogP contribution is 2.29. The van der Waals surface area contributed by atoms with Gasteiger partial charge in [-0.2, -0.15) is 18.4 Å². The van der Waals surface area contributed by atoms with Gasteiger partial charge in [-0.15, -0.1) is 0 Å². The van der Waals surface area contributed by atoms with E-state index < -0.39 is 35.4 Å². The van der Waals surface area contributed by atoms with E-state index in [9.17, 15) is 31.9 Å². The Morgan fingerprint density at radius 3 is 2.52 bits per heavy atom. The third-order valence-electron chi connectivity index (χ3n) is 4.70. The highest BCUT2D eigenvalue weighted by Gasteiger charge is 2.35. The molecule has 1 heterocycles. The lowest BCUT2D eigenvalue weighted by atomic mass is 10.0. The van der Waals surface area contributed by atoms with E-state index in [1.54, 1.807) is 6.07 Å². The quantitative estimate of drug-likeness (QED) is 0.376. The van der Waals surface area contributed by atoms with Crippen LogP contribution in [0.3, 0.4) is 0 Å². The van der Waals surface area contributed by atoms with Gasteiger partial charge in [0.25, 0.3) is 5.91 Å². The van der Waals surface area contributed by atoms with E-state index in [4.69, 9.17) is 5.26 Å². The molecule has 1 N–H and O–H groups in total. The summed E-state index contributed by atoms with van der Waals surface area (Å²) in [6, 6.07) is 6.25. The van der Waals surface area contributed by atoms with Crippen LogP contribution >= 0.6 is 0 Å². The monoisotopic (exact) mass is 437 g/mol. The molecule has 0 spiro atoms. The van der Waals surface area contributed by atoms with E-state index in [0.717, 1.165) is 19.1 Å². The third kappa shape index (κ3) is 6.01. The minimum absolute atomic E-state index is 0.0344. The van der Waals surface area contributed by atoms with Crippen LogP contribution in [0.5, 0.6) is 0 Å². The maximum Gasteiger partial charge on any atom is 0.391 e. The Kier molecular flexibility index (Phi) is 7.33. The number of carbonyl (C=O) groups excluding carboxylic acids is 3. The predicted octanol–water partition coefficient (Wildman–Crippen LogP) is 4.41. The van der Waals surface area contributed by atoms with Crippen LogP contribution < -0.4 is 5.32 Å². The van der Waals surface area contributed by atoms with Gasteiger partial charge in [0.1, 0.15) is 11.9 Å². The van der Waals surface area contributed by atoms with Crippen molar-refractivity contribution in [1.29, 1.82) is 5.26 Å². The second-order valence-electron chi connectivity index (χ2n) is 7.07. The molecule has 0 saturated carbocycles. The summed E-state index contributed by atoms with van der Waals surface area (Å²) in [5.74, 6) is -4.73. The average Bonchev–Trinajstić information content (AvgIpc) is 3.09. The molecule has 10 heteroatoms. The summed E-state index contributed by atoms with van der Waals surface area (Å²) in [7, 11) is 1.44. The fourth-order valence-corrected chi connectivity index (χ4v) is 2.80. The second-order valence-corrected chi connectivity index (χ2v) is 7.07. The molecule has 1 aromatic heterocycles. The Bertz CT molecular complexity index is 1050. The van der Waals surface area contributed by atoms with Gasteiger partial charge in [0.05, 0.1) is 22.7 Å². The molecule has 31 heavy (non-hydrogen) atoms. The van der Waals surface area contributed by atoms with Crippen molar-refractivity contribution in [1.82, 2.24) is 4.57 Å². The number of halogens is 4. The first kappa shape index (κ1) is 23.8. The zero-order chi connectivity index (χ0) is 23.3. The standard InChI is InChI=1S/C21H19F4N3O3/c1-12(21(23,24)25)4-3-5-18(29)19(30)17-9-14(11-28(17)2)20(31)27-15-6-7-16(22)13(8-15)10-26/h6-9,11-12H,3-5H2,1-2H3,(H,27,31)/t12-/m0/s1. The number of nitrogens with zero attached hydrogens (tertiary/aromatic N) is 2. The Labute approximate surface area is 175 Å². The summed E-state index contributed by atoms with van der Waals surface area (Å²) in [5.41, 5.74) is -0.148. The lowest BCUT2D eigenvalue weighted by molar-refractivity contribution is -0.171. The van der Waals surface area contributed by atoms with Crippen LogP contribution in [0.25, 0.3) is 0 Å². The number of alkyl halides is 3. The third-order valence-corrected chi connectivity index (χ3v) is 4.70. The minimum Gasteiger partial charge on any atom is -0.347 e. The van der Waals surface area contributed by atoms with Gasteiger partial charge in [0, 0.05) is 25.4 Å². The highest BCUT2D eigenvalue weighted by atomic mass is 19.4. The maximum absolute atomic E-state index is 13.4. The number of benzene rings is 1. The average molecular weight is 437 g/mol. The van der Waals surface area contributed by atoms with Crippen molar-refractivity contribution in [2.24, 2.45) is 13.0 Å². The fraction of sp³-hybridized carbons (Fsp3) is 0.333. The first-order chi connectivity index (χ1) is 14.4. The summed E-state index contributed by atoms with van der Waals surface area (Å²) in [6.45, 7) is 1.01. The smallest absolute Gasteiger partial charge is 0.347 e. The van der Waals surface area contributed by atoms with Crippen molar-refractivity contribution in [2.45, 2.75) is 32.4 Å². The number of nitriles is 1. The molecule has 1 amide bonds. The number of amides is 1. The minimum atomic E-state index is -4.36. The summed E-state index contributed by atoms with van der Waals surface area (Å²) in [5, 5.41) is 11.3. The van der Waals surface area contributed by atoms with Crippen LogP contribution in [0.15, 0.2) is 30.5 Å². The molecule has 2 rings (SSSR count). The molecule has 0 aliphatic carbocycles. The number of aromatic nitrogens is 1. The highest BCUT2D eigenvalue weighted by molar-refractivity contribution is 6.43. The first-order valence-corrected chi connectivity index (χ1v) is 9.25. The summed E-state index contributed by atoms with van der Waals surface area (Å²) >= 11 is 0. The fourth-order valence-electron chi connectivity index (χ4n) is 2.80. The Morgan fingerprint density at radius 1 is 1.23 bits per heavy atom. The molecular formula is C21H19F4N3O3. The van der Waals surface area contributed by atoms with Crippen LogP contribution in [0, 0.1) is 23.1 Å². The molecule has 164 valence electrons. The van der Waals surface area contributed by atoms with Gasteiger partial charge < -0.3 is 9.88 Å². The number of Topliss-reactive ketones (excluding diaryl/α,β-unsaturated/α-hetero) is 2. The molecule has 0 unspecified atom stereocenters. The maximum atomic E-state index is 13.4. The molecule has 0 aliphatic heterocycles. The molecular weight excluding hydrogens is 418 g/mol. The molecule has 1 atom stereocenters. The van der Waals surface area contributed by atoms with Crippen LogP contribution in [0.2, 0.25) is 0 Å². The lowest BCUT2D eigenvalue weighted by Crippen LogP contribution is -2.21. The van der Waals surface area contributed by atoms with E-state index in [2.05, 4.69) is 5.32 Å². The van der Waals surface area contributed by atoms with Crippen molar-refractivity contribution < 1.29 is 31.9 Å². The molecule has 0 bridgehead atoms. The molecule has 0 aliphatic rings. The number of carbonyl (C=O) groups is 3. The van der Waals surface area contributed by atoms with Gasteiger partial charge in [0.15, 0.2) is 0 Å². The molecule has 0 fully saturated rings. The van der Waals surface area contributed by atoms with Crippen LogP contribution in [0.4, 0.5) is 23.2 Å². The summed E-state index contributed by atoms with van der Waals surface area (Å²) < 4.78 is 52.2. The molecule has 0 radical (unpaired) electrons. The number of rotatable bonds is 8. The number of aryl methyl sites for hydroxylation is 1. The normalized spacial score (nSPS) is 12.2. The number of hydrogen-bond acceptors (Lipinski definition) is 4. The van der Waals surface area contributed by atoms with Crippen molar-refractivity contribution in [3.8, 4) is 6.07 Å². The van der Waals surface area contributed by atoms with Gasteiger partial charge in [-0.05, 0) is 37.1 Å². The predicted molar refractivity (Wildman–Crippen MR) is 103 cm³/mol. The van der Waals surface area contributed by atoms with Crippen molar-refractivity contribution in [3.05, 3.63) is 53.1 Å². The Hall–Kier alpha value is -3.48. The number of nitrogens with one attached hydrogen (secondary N) is 1. The van der Waals surface area contributed by atoms with Gasteiger partial charge in [-0.1, -0.05) is 6.92 Å². The van der Waals surface area contributed by atoms with Gasteiger partial charge in [-0.25, -0.2) is 4.39 Å². The van der Waals surface area contributed by atoms with E-state index in [1.165, 1.54) is 29.9 Å². The van der Waals surface area contributed by atoms with Gasteiger partial charge >= 0.3 is 6.18 Å². The first-order valence-electron chi connectivity index (χ1n) is 9.25. The summed E-state index contributed by atoms with van der Waals surface area (Å²) in [6.07, 6.45) is -3.75. The molecule has 1 aromatic carbocycles. The van der Waals surface area contributed by atoms with Crippen molar-refractivity contribution in [3.63, 3.8) is 0 Å². The van der Waals surface area contributed by atoms with Crippen LogP contribution in [-0.2, 0) is 11.8 Å². The van der Waals surface area contributed by atoms with Crippen LogP contribution in [0.1, 0.15) is 52.6 Å². The number of ketones is 2. The van der Waals surface area contributed by atoms with E-state index in [0.29, 0.717) is 0 Å². The van der Waals surface area contributed by atoms with Crippen molar-refractivity contribution in [2.75, 3.05) is 5.32 Å². The van der Waals surface area contributed by atoms with Crippen LogP contribution in [-0.4, -0.2) is 28.2 Å². The molecule has 6 nitrogen and oxygen atoms in total. The number of anilines is 1. The van der Waals surface area contributed by atoms with Gasteiger partial charge in [-0.3, -0.25) is 14.4 Å². The van der Waals surface area contributed by atoms with E-state index >= 15 is 0 Å². The van der Waals surface area contributed by atoms with E-state index in [-0.39, 0.29) is 41.8 Å². The van der Waals surface area contributed by atoms with Gasteiger partial charge in [0.2, 0.25) is 11.6 Å². The number of hydrogen-bond donors (Lipinski definition) is 1. The Morgan fingerprint density at radius 2 is 1.90 bits per heavy atom. The Balaban J connectivity index is 2.04. The lowest BCUT2D eigenvalue weighted by Gasteiger charge is -2.14. The van der Waals surface area contributed by atoms with Crippen molar-refractivity contribution >= 4 is 23.2 Å².